The first-order chi connectivity index (χ1) is 9.04. The number of nitrogens with zero attached hydrogens (tertiary/aromatic N) is 1. The number of aromatic hydroxyl groups is 1. The van der Waals surface area contributed by atoms with Crippen molar-refractivity contribution in [2.45, 2.75) is 26.0 Å². The molecule has 1 aromatic rings. The summed E-state index contributed by atoms with van der Waals surface area (Å²) in [6.07, 6.45) is -0.132. The van der Waals surface area contributed by atoms with Gasteiger partial charge in [0.25, 0.3) is 5.91 Å². The van der Waals surface area contributed by atoms with Crippen LogP contribution in [0.25, 0.3) is 0 Å². The number of morpholine rings is 1. The van der Waals surface area contributed by atoms with Gasteiger partial charge in [-0.1, -0.05) is 12.1 Å². The molecule has 0 aromatic heterocycles. The van der Waals surface area contributed by atoms with Gasteiger partial charge in [0, 0.05) is 13.1 Å². The van der Waals surface area contributed by atoms with E-state index in [2.05, 4.69) is 0 Å². The second kappa shape index (κ2) is 5.59. The van der Waals surface area contributed by atoms with E-state index in [0.717, 1.165) is 0 Å². The molecule has 0 aliphatic carbocycles. The minimum absolute atomic E-state index is 0.0183. The Kier molecular flexibility index (Phi) is 4.07. The lowest BCUT2D eigenvalue weighted by molar-refractivity contribution is -0.0426. The van der Waals surface area contributed by atoms with E-state index in [9.17, 15) is 9.90 Å². The van der Waals surface area contributed by atoms with Crippen molar-refractivity contribution in [3.05, 3.63) is 29.3 Å². The molecule has 104 valence electrons. The summed E-state index contributed by atoms with van der Waals surface area (Å²) in [4.78, 5) is 14.2. The normalized spacial score (nSPS) is 23.4. The zero-order valence-corrected chi connectivity index (χ0v) is 11.3. The summed E-state index contributed by atoms with van der Waals surface area (Å²) in [5.74, 6) is -0.119. The van der Waals surface area contributed by atoms with Crippen LogP contribution in [0.1, 0.15) is 22.8 Å². The maximum absolute atomic E-state index is 12.5. The largest absolute Gasteiger partial charge is 0.507 e. The molecular formula is C14H20N2O3. The fourth-order valence-electron chi connectivity index (χ4n) is 2.23. The van der Waals surface area contributed by atoms with E-state index in [4.69, 9.17) is 10.5 Å². The lowest BCUT2D eigenvalue weighted by Gasteiger charge is -2.37. The van der Waals surface area contributed by atoms with Crippen LogP contribution in [0.3, 0.4) is 0 Å². The number of hydrogen-bond acceptors (Lipinski definition) is 4. The zero-order chi connectivity index (χ0) is 14.0. The zero-order valence-electron chi connectivity index (χ0n) is 11.3. The van der Waals surface area contributed by atoms with E-state index >= 15 is 0 Å². The third-order valence-electron chi connectivity index (χ3n) is 3.50. The van der Waals surface area contributed by atoms with Gasteiger partial charge in [0.1, 0.15) is 5.75 Å². The third kappa shape index (κ3) is 2.72. The maximum Gasteiger partial charge on any atom is 0.258 e. The Balaban J connectivity index is 2.24. The van der Waals surface area contributed by atoms with Crippen molar-refractivity contribution < 1.29 is 14.6 Å². The van der Waals surface area contributed by atoms with Crippen molar-refractivity contribution in [2.75, 3.05) is 19.7 Å². The van der Waals surface area contributed by atoms with Crippen molar-refractivity contribution in [2.24, 2.45) is 5.73 Å². The molecule has 1 fully saturated rings. The number of hydrogen-bond donors (Lipinski definition) is 2. The van der Waals surface area contributed by atoms with Crippen LogP contribution in [0.5, 0.6) is 5.75 Å². The van der Waals surface area contributed by atoms with Gasteiger partial charge in [-0.3, -0.25) is 4.79 Å². The standard InChI is InChI=1S/C14H20N2O3/c1-9-4-3-5-12(13(9)17)14(18)16-7-11(6-15)19-8-10(16)2/h3-5,10-11,17H,6-8,15H2,1-2H3. The molecule has 2 rings (SSSR count). The molecule has 1 aliphatic rings. The van der Waals surface area contributed by atoms with Gasteiger partial charge in [-0.15, -0.1) is 0 Å². The molecule has 1 saturated heterocycles. The fourth-order valence-corrected chi connectivity index (χ4v) is 2.23. The molecule has 3 N–H and O–H groups in total. The van der Waals surface area contributed by atoms with Gasteiger partial charge < -0.3 is 20.5 Å². The SMILES string of the molecule is Cc1cccc(C(=O)N2CC(CN)OCC2C)c1O. The third-order valence-corrected chi connectivity index (χ3v) is 3.50. The second-order valence-corrected chi connectivity index (χ2v) is 4.97. The molecule has 1 heterocycles. The summed E-state index contributed by atoms with van der Waals surface area (Å²) in [7, 11) is 0. The lowest BCUT2D eigenvalue weighted by atomic mass is 10.1. The molecule has 1 aromatic carbocycles. The first kappa shape index (κ1) is 13.8. The number of aryl methyl sites for hydroxylation is 1. The number of carbonyl (C=O) groups excluding carboxylic acids is 1. The number of carbonyl (C=O) groups is 1. The highest BCUT2D eigenvalue weighted by molar-refractivity contribution is 5.97. The molecule has 1 aliphatic heterocycles. The Morgan fingerprint density at radius 3 is 3.00 bits per heavy atom. The molecule has 2 atom stereocenters. The van der Waals surface area contributed by atoms with E-state index in [1.54, 1.807) is 30.0 Å². The van der Waals surface area contributed by atoms with Crippen molar-refractivity contribution >= 4 is 5.91 Å². The number of amides is 1. The molecule has 0 spiro atoms. The molecule has 5 nitrogen and oxygen atoms in total. The predicted octanol–water partition coefficient (Wildman–Crippen LogP) is 0.889. The van der Waals surface area contributed by atoms with Gasteiger partial charge in [0.05, 0.1) is 24.3 Å². The van der Waals surface area contributed by atoms with Crippen LogP contribution in [0.4, 0.5) is 0 Å². The van der Waals surface area contributed by atoms with Gasteiger partial charge in [-0.05, 0) is 25.5 Å². The van der Waals surface area contributed by atoms with Gasteiger partial charge in [0.15, 0.2) is 0 Å². The van der Waals surface area contributed by atoms with Crippen LogP contribution in [0, 0.1) is 6.92 Å². The van der Waals surface area contributed by atoms with Crippen LogP contribution in [-0.4, -0.2) is 47.8 Å². The Morgan fingerprint density at radius 2 is 2.32 bits per heavy atom. The highest BCUT2D eigenvalue weighted by atomic mass is 16.5. The van der Waals surface area contributed by atoms with Gasteiger partial charge in [-0.2, -0.15) is 0 Å². The second-order valence-electron chi connectivity index (χ2n) is 4.97. The van der Waals surface area contributed by atoms with E-state index in [1.165, 1.54) is 0 Å². The van der Waals surface area contributed by atoms with Crippen molar-refractivity contribution in [1.29, 1.82) is 0 Å². The molecular weight excluding hydrogens is 244 g/mol. The molecule has 0 bridgehead atoms. The summed E-state index contributed by atoms with van der Waals surface area (Å²) < 4.78 is 5.53. The van der Waals surface area contributed by atoms with Crippen molar-refractivity contribution in [3.63, 3.8) is 0 Å². The summed E-state index contributed by atoms with van der Waals surface area (Å²) in [6, 6.07) is 5.17. The molecule has 2 unspecified atom stereocenters. The molecule has 0 radical (unpaired) electrons. The van der Waals surface area contributed by atoms with Crippen molar-refractivity contribution in [3.8, 4) is 5.75 Å². The Bertz CT molecular complexity index is 476. The van der Waals surface area contributed by atoms with Gasteiger partial charge >= 0.3 is 0 Å². The van der Waals surface area contributed by atoms with Gasteiger partial charge in [0.2, 0.25) is 0 Å². The quantitative estimate of drug-likeness (QED) is 0.831. The number of nitrogens with two attached hydrogens (primary N) is 1. The van der Waals surface area contributed by atoms with E-state index in [-0.39, 0.29) is 23.8 Å². The minimum Gasteiger partial charge on any atom is -0.507 e. The Labute approximate surface area is 113 Å². The number of benzene rings is 1. The molecule has 5 heteroatoms. The van der Waals surface area contributed by atoms with Crippen LogP contribution in [0.15, 0.2) is 18.2 Å². The Hall–Kier alpha value is -1.59. The van der Waals surface area contributed by atoms with Crippen molar-refractivity contribution in [1.82, 2.24) is 4.90 Å². The summed E-state index contributed by atoms with van der Waals surface area (Å²) >= 11 is 0. The molecule has 19 heavy (non-hydrogen) atoms. The molecule has 0 saturated carbocycles. The first-order valence-corrected chi connectivity index (χ1v) is 6.45. The van der Waals surface area contributed by atoms with Crippen LogP contribution in [-0.2, 0) is 4.74 Å². The summed E-state index contributed by atoms with van der Waals surface area (Å²) in [6.45, 7) is 5.02. The fraction of sp³-hybridized carbons (Fsp3) is 0.500. The van der Waals surface area contributed by atoms with E-state index < -0.39 is 0 Å². The number of para-hydroxylation sites is 1. The first-order valence-electron chi connectivity index (χ1n) is 6.45. The van der Waals surface area contributed by atoms with Crippen LogP contribution >= 0.6 is 0 Å². The number of ether oxygens (including phenoxy) is 1. The lowest BCUT2D eigenvalue weighted by Crippen LogP contribution is -2.52. The smallest absolute Gasteiger partial charge is 0.258 e. The minimum atomic E-state index is -0.171. The maximum atomic E-state index is 12.5. The molecule has 1 amide bonds. The highest BCUT2D eigenvalue weighted by Crippen LogP contribution is 2.24. The summed E-state index contributed by atoms with van der Waals surface area (Å²) in [5, 5.41) is 10.0. The number of phenols is 1. The van der Waals surface area contributed by atoms with Gasteiger partial charge in [-0.25, -0.2) is 0 Å². The van der Waals surface area contributed by atoms with E-state index in [1.807, 2.05) is 6.92 Å². The van der Waals surface area contributed by atoms with E-state index in [0.29, 0.717) is 30.8 Å². The van der Waals surface area contributed by atoms with Crippen LogP contribution in [0.2, 0.25) is 0 Å². The number of rotatable bonds is 2. The average Bonchev–Trinajstić information content (AvgIpc) is 2.42. The monoisotopic (exact) mass is 264 g/mol. The average molecular weight is 264 g/mol. The predicted molar refractivity (Wildman–Crippen MR) is 72.1 cm³/mol. The number of phenolic OH excluding ortho intramolecular Hbond substituents is 1. The summed E-state index contributed by atoms with van der Waals surface area (Å²) in [5.41, 5.74) is 6.63. The topological polar surface area (TPSA) is 75.8 Å². The van der Waals surface area contributed by atoms with Crippen LogP contribution < -0.4 is 5.73 Å². The Morgan fingerprint density at radius 1 is 1.58 bits per heavy atom. The highest BCUT2D eigenvalue weighted by Gasteiger charge is 2.30.